The molecule has 35 heavy (non-hydrogen) atoms. The third-order valence-corrected chi connectivity index (χ3v) is 7.25. The van der Waals surface area contributed by atoms with Gasteiger partial charge in [-0.1, -0.05) is 25.0 Å². The first kappa shape index (κ1) is 24.8. The van der Waals surface area contributed by atoms with Gasteiger partial charge in [-0.15, -0.1) is 10.2 Å². The number of sulfonamides is 1. The predicted octanol–water partition coefficient (Wildman–Crippen LogP) is 5.12. The summed E-state index contributed by atoms with van der Waals surface area (Å²) < 4.78 is 39.8. The highest BCUT2D eigenvalue weighted by molar-refractivity contribution is 7.92. The number of benzene rings is 2. The maximum atomic E-state index is 13.1. The van der Waals surface area contributed by atoms with E-state index in [4.69, 9.17) is 9.47 Å². The fraction of sp³-hybridized carbons (Fsp3) is 0.385. The minimum absolute atomic E-state index is 0.0573. The molecular weight excluding hydrogens is 464 g/mol. The maximum absolute atomic E-state index is 13.1. The molecule has 3 aromatic rings. The van der Waals surface area contributed by atoms with Crippen LogP contribution in [0.15, 0.2) is 59.5 Å². The van der Waals surface area contributed by atoms with Gasteiger partial charge in [0, 0.05) is 30.4 Å². The molecule has 186 valence electrons. The van der Waals surface area contributed by atoms with Crippen molar-refractivity contribution in [2.24, 2.45) is 0 Å². The Labute approximate surface area is 207 Å². The van der Waals surface area contributed by atoms with Crippen LogP contribution in [0.4, 0.5) is 11.5 Å². The van der Waals surface area contributed by atoms with Crippen molar-refractivity contribution in [1.29, 1.82) is 0 Å². The van der Waals surface area contributed by atoms with E-state index >= 15 is 0 Å². The second-order valence-corrected chi connectivity index (χ2v) is 9.99. The number of rotatable bonds is 9. The van der Waals surface area contributed by atoms with E-state index in [1.165, 1.54) is 31.7 Å². The smallest absolute Gasteiger partial charge is 0.265 e. The predicted molar refractivity (Wildman–Crippen MR) is 138 cm³/mol. The van der Waals surface area contributed by atoms with Gasteiger partial charge in [0.15, 0.2) is 5.82 Å². The zero-order valence-corrected chi connectivity index (χ0v) is 21.1. The maximum Gasteiger partial charge on any atom is 0.265 e. The van der Waals surface area contributed by atoms with Crippen molar-refractivity contribution in [2.45, 2.75) is 44.4 Å². The van der Waals surface area contributed by atoms with Crippen LogP contribution in [0.3, 0.4) is 0 Å². The zero-order valence-electron chi connectivity index (χ0n) is 20.2. The number of nitrogens with one attached hydrogen (secondary N) is 1. The number of hydrogen-bond donors (Lipinski definition) is 1. The largest absolute Gasteiger partial charge is 0.494 e. The van der Waals surface area contributed by atoms with Gasteiger partial charge >= 0.3 is 0 Å². The summed E-state index contributed by atoms with van der Waals surface area (Å²) in [5, 5.41) is 8.83. The molecule has 1 fully saturated rings. The van der Waals surface area contributed by atoms with Crippen LogP contribution in [0, 0.1) is 0 Å². The van der Waals surface area contributed by atoms with E-state index in [9.17, 15) is 8.42 Å². The lowest BCUT2D eigenvalue weighted by Gasteiger charge is -2.20. The molecule has 2 heterocycles. The van der Waals surface area contributed by atoms with E-state index in [1.54, 1.807) is 31.2 Å². The summed E-state index contributed by atoms with van der Waals surface area (Å²) in [7, 11) is -3.86. The molecule has 0 atom stereocenters. The standard InChI is InChI=1S/C26H32N4O4S/c1-3-33-22-13-15-25(24(19-22)34-4-2)35(31,32)29-21-11-9-20(10-12-21)23-14-16-26(28-27-23)30-17-7-5-6-8-18-30/h9-16,19,29H,3-8,17-18H2,1-2H3. The summed E-state index contributed by atoms with van der Waals surface area (Å²) >= 11 is 0. The molecule has 1 aromatic heterocycles. The molecule has 1 aliphatic rings. The molecule has 0 aliphatic carbocycles. The Bertz CT molecular complexity index is 1210. The number of aromatic nitrogens is 2. The van der Waals surface area contributed by atoms with Gasteiger partial charge in [-0.25, -0.2) is 8.42 Å². The quantitative estimate of drug-likeness (QED) is 0.439. The second kappa shape index (κ2) is 11.4. The Morgan fingerprint density at radius 2 is 1.57 bits per heavy atom. The van der Waals surface area contributed by atoms with Crippen molar-refractivity contribution in [3.05, 3.63) is 54.6 Å². The van der Waals surface area contributed by atoms with Crippen LogP contribution in [0.25, 0.3) is 11.3 Å². The fourth-order valence-corrected chi connectivity index (χ4v) is 5.29. The highest BCUT2D eigenvalue weighted by Gasteiger charge is 2.21. The molecule has 0 saturated carbocycles. The lowest BCUT2D eigenvalue weighted by Crippen LogP contribution is -2.25. The Kier molecular flexibility index (Phi) is 8.07. The van der Waals surface area contributed by atoms with Crippen LogP contribution in [0.2, 0.25) is 0 Å². The molecule has 4 rings (SSSR count). The topological polar surface area (TPSA) is 93.7 Å². The minimum atomic E-state index is -3.86. The number of hydrogen-bond acceptors (Lipinski definition) is 7. The van der Waals surface area contributed by atoms with Crippen LogP contribution in [-0.2, 0) is 10.0 Å². The third-order valence-electron chi connectivity index (χ3n) is 5.83. The summed E-state index contributed by atoms with van der Waals surface area (Å²) in [5.41, 5.74) is 2.04. The normalized spacial score (nSPS) is 14.3. The van der Waals surface area contributed by atoms with Crippen molar-refractivity contribution in [3.8, 4) is 22.8 Å². The lowest BCUT2D eigenvalue weighted by molar-refractivity contribution is 0.317. The molecule has 0 amide bonds. The SMILES string of the molecule is CCOc1ccc(S(=O)(=O)Nc2ccc(-c3ccc(N4CCCCCC4)nn3)cc2)c(OCC)c1. The average molecular weight is 497 g/mol. The first-order chi connectivity index (χ1) is 17.0. The summed E-state index contributed by atoms with van der Waals surface area (Å²) in [6.45, 7) is 6.52. The Morgan fingerprint density at radius 1 is 0.857 bits per heavy atom. The monoisotopic (exact) mass is 496 g/mol. The molecular formula is C26H32N4O4S. The highest BCUT2D eigenvalue weighted by atomic mass is 32.2. The van der Waals surface area contributed by atoms with Crippen molar-refractivity contribution in [1.82, 2.24) is 10.2 Å². The van der Waals surface area contributed by atoms with Gasteiger partial charge in [-0.3, -0.25) is 4.72 Å². The highest BCUT2D eigenvalue weighted by Crippen LogP contribution is 2.31. The van der Waals surface area contributed by atoms with E-state index in [0.29, 0.717) is 24.7 Å². The minimum Gasteiger partial charge on any atom is -0.494 e. The number of nitrogens with zero attached hydrogens (tertiary/aromatic N) is 3. The van der Waals surface area contributed by atoms with E-state index in [0.717, 1.165) is 30.2 Å². The Hall–Kier alpha value is -3.33. The molecule has 8 nitrogen and oxygen atoms in total. The summed E-state index contributed by atoms with van der Waals surface area (Å²) in [6, 6.07) is 15.8. The fourth-order valence-electron chi connectivity index (χ4n) is 4.10. The molecule has 1 aliphatic heterocycles. The summed E-state index contributed by atoms with van der Waals surface area (Å²) in [6.07, 6.45) is 4.90. The second-order valence-electron chi connectivity index (χ2n) is 8.34. The van der Waals surface area contributed by atoms with Gasteiger partial charge in [0.05, 0.1) is 18.9 Å². The summed E-state index contributed by atoms with van der Waals surface area (Å²) in [5.74, 6) is 1.71. The zero-order chi connectivity index (χ0) is 24.7. The number of ether oxygens (including phenoxy) is 2. The van der Waals surface area contributed by atoms with Gasteiger partial charge in [0.2, 0.25) is 0 Å². The van der Waals surface area contributed by atoms with Crippen molar-refractivity contribution in [3.63, 3.8) is 0 Å². The number of anilines is 2. The molecule has 0 bridgehead atoms. The van der Waals surface area contributed by atoms with E-state index in [2.05, 4.69) is 19.8 Å². The lowest BCUT2D eigenvalue weighted by atomic mass is 10.1. The summed E-state index contributed by atoms with van der Waals surface area (Å²) in [4.78, 5) is 2.35. The van der Waals surface area contributed by atoms with Gasteiger partial charge in [0.1, 0.15) is 16.4 Å². The molecule has 0 spiro atoms. The first-order valence-electron chi connectivity index (χ1n) is 12.1. The molecule has 1 N–H and O–H groups in total. The van der Waals surface area contributed by atoms with Gasteiger partial charge < -0.3 is 14.4 Å². The van der Waals surface area contributed by atoms with Crippen LogP contribution in [-0.4, -0.2) is 44.9 Å². The van der Waals surface area contributed by atoms with E-state index < -0.39 is 10.0 Å². The molecule has 9 heteroatoms. The molecule has 0 unspecified atom stereocenters. The first-order valence-corrected chi connectivity index (χ1v) is 13.6. The van der Waals surface area contributed by atoms with Gasteiger partial charge in [-0.05, 0) is 63.1 Å². The van der Waals surface area contributed by atoms with Crippen LogP contribution in [0.1, 0.15) is 39.5 Å². The van der Waals surface area contributed by atoms with Crippen LogP contribution < -0.4 is 19.1 Å². The molecule has 0 radical (unpaired) electrons. The third kappa shape index (κ3) is 6.22. The Balaban J connectivity index is 1.48. The van der Waals surface area contributed by atoms with Crippen molar-refractivity contribution in [2.75, 3.05) is 35.9 Å². The van der Waals surface area contributed by atoms with E-state index in [1.807, 2.05) is 31.2 Å². The van der Waals surface area contributed by atoms with Crippen LogP contribution in [0.5, 0.6) is 11.5 Å². The Morgan fingerprint density at radius 3 is 2.20 bits per heavy atom. The van der Waals surface area contributed by atoms with Crippen LogP contribution >= 0.6 is 0 Å². The average Bonchev–Trinajstić information content (AvgIpc) is 3.15. The van der Waals surface area contributed by atoms with Crippen molar-refractivity contribution < 1.29 is 17.9 Å². The molecule has 1 saturated heterocycles. The molecule has 2 aromatic carbocycles. The van der Waals surface area contributed by atoms with Gasteiger partial charge in [-0.2, -0.15) is 0 Å². The van der Waals surface area contributed by atoms with E-state index in [-0.39, 0.29) is 10.6 Å². The van der Waals surface area contributed by atoms with Crippen molar-refractivity contribution >= 4 is 21.5 Å². The van der Waals surface area contributed by atoms with Gasteiger partial charge in [0.25, 0.3) is 10.0 Å².